The summed E-state index contributed by atoms with van der Waals surface area (Å²) < 4.78 is 0. The van der Waals surface area contributed by atoms with Crippen molar-refractivity contribution < 1.29 is 19.6 Å². The smallest absolute Gasteiger partial charge is 0.339 e. The molecule has 1 aromatic heterocycles. The molecule has 0 unspecified atom stereocenters. The third-order valence-corrected chi connectivity index (χ3v) is 3.05. The number of hydrogen-bond donors (Lipinski definition) is 1. The van der Waals surface area contributed by atoms with Crippen LogP contribution in [0, 0.1) is 10.1 Å². The highest BCUT2D eigenvalue weighted by Gasteiger charge is 2.27. The van der Waals surface area contributed by atoms with Crippen molar-refractivity contribution in [2.24, 2.45) is 0 Å². The number of carbonyl (C=O) groups excluding carboxylic acids is 1. The van der Waals surface area contributed by atoms with Crippen LogP contribution in [0.4, 0.5) is 11.5 Å². The van der Waals surface area contributed by atoms with Crippen LogP contribution in [0.2, 0.25) is 0 Å². The van der Waals surface area contributed by atoms with E-state index in [1.54, 1.807) is 7.05 Å². The van der Waals surface area contributed by atoms with Crippen molar-refractivity contribution in [3.63, 3.8) is 0 Å². The predicted molar refractivity (Wildman–Crippen MR) is 67.7 cm³/mol. The second kappa shape index (κ2) is 5.11. The number of rotatable bonds is 3. The molecule has 0 saturated carbocycles. The van der Waals surface area contributed by atoms with E-state index in [1.165, 1.54) is 9.80 Å². The van der Waals surface area contributed by atoms with Gasteiger partial charge >= 0.3 is 5.97 Å². The van der Waals surface area contributed by atoms with Crippen LogP contribution in [-0.4, -0.2) is 58.5 Å². The molecular weight excluding hydrogens is 268 g/mol. The Morgan fingerprint density at radius 3 is 2.75 bits per heavy atom. The molecule has 0 bridgehead atoms. The van der Waals surface area contributed by atoms with Gasteiger partial charge in [-0.1, -0.05) is 0 Å². The molecule has 2 rings (SSSR count). The quantitative estimate of drug-likeness (QED) is 0.610. The maximum absolute atomic E-state index is 11.6. The van der Waals surface area contributed by atoms with Crippen molar-refractivity contribution in [3.8, 4) is 0 Å². The van der Waals surface area contributed by atoms with Crippen LogP contribution in [-0.2, 0) is 4.79 Å². The van der Waals surface area contributed by atoms with Crippen LogP contribution >= 0.6 is 0 Å². The molecule has 1 aliphatic heterocycles. The summed E-state index contributed by atoms with van der Waals surface area (Å²) in [7, 11) is 1.65. The summed E-state index contributed by atoms with van der Waals surface area (Å²) in [5, 5.41) is 19.8. The van der Waals surface area contributed by atoms with Crippen molar-refractivity contribution >= 4 is 23.4 Å². The highest BCUT2D eigenvalue weighted by Crippen LogP contribution is 2.23. The van der Waals surface area contributed by atoms with Gasteiger partial charge < -0.3 is 14.9 Å². The Labute approximate surface area is 113 Å². The summed E-state index contributed by atoms with van der Waals surface area (Å²) in [6, 6.07) is 0.952. The van der Waals surface area contributed by atoms with Gasteiger partial charge in [-0.05, 0) is 0 Å². The van der Waals surface area contributed by atoms with Gasteiger partial charge in [0.25, 0.3) is 5.69 Å². The molecule has 1 N–H and O–H groups in total. The number of carbonyl (C=O) groups is 2. The van der Waals surface area contributed by atoms with E-state index in [0.29, 0.717) is 13.1 Å². The van der Waals surface area contributed by atoms with E-state index in [-0.39, 0.29) is 23.8 Å². The molecule has 0 aromatic carbocycles. The minimum atomic E-state index is -1.32. The normalized spacial score (nSPS) is 15.3. The van der Waals surface area contributed by atoms with E-state index in [9.17, 15) is 19.7 Å². The average Bonchev–Trinajstić information content (AvgIpc) is 2.41. The van der Waals surface area contributed by atoms with Crippen LogP contribution in [0.25, 0.3) is 0 Å². The number of carboxylic acid groups (broad SMARTS) is 1. The standard InChI is InChI=1S/C11H12N4O5/c1-13-2-3-14(6-9(13)16)10-8(11(17)18)4-7(5-12-10)15(19)20/h4-5H,2-3,6H2,1H3,(H,17,18). The highest BCUT2D eigenvalue weighted by atomic mass is 16.6. The zero-order valence-corrected chi connectivity index (χ0v) is 10.6. The minimum absolute atomic E-state index is 0.00158. The number of hydrogen-bond acceptors (Lipinski definition) is 6. The first kappa shape index (κ1) is 13.7. The van der Waals surface area contributed by atoms with E-state index >= 15 is 0 Å². The first-order valence-corrected chi connectivity index (χ1v) is 5.77. The molecule has 1 aromatic rings. The molecule has 1 aliphatic rings. The number of anilines is 1. The van der Waals surface area contributed by atoms with Gasteiger partial charge in [-0.2, -0.15) is 0 Å². The maximum atomic E-state index is 11.6. The van der Waals surface area contributed by atoms with E-state index in [2.05, 4.69) is 4.98 Å². The molecule has 1 amide bonds. The number of piperazine rings is 1. The van der Waals surface area contributed by atoms with Crippen LogP contribution in [0.5, 0.6) is 0 Å². The maximum Gasteiger partial charge on any atom is 0.339 e. The number of likely N-dealkylation sites (N-methyl/N-ethyl adjacent to an activating group) is 1. The van der Waals surface area contributed by atoms with Gasteiger partial charge in [0.2, 0.25) is 5.91 Å². The Bertz CT molecular complexity index is 588. The molecule has 1 fully saturated rings. The predicted octanol–water partition coefficient (Wildman–Crippen LogP) is -0.0336. The van der Waals surface area contributed by atoms with Gasteiger partial charge in [-0.25, -0.2) is 9.78 Å². The molecule has 0 spiro atoms. The lowest BCUT2D eigenvalue weighted by Gasteiger charge is -2.33. The largest absolute Gasteiger partial charge is 0.478 e. The molecule has 0 atom stereocenters. The third kappa shape index (κ3) is 2.51. The van der Waals surface area contributed by atoms with Crippen LogP contribution < -0.4 is 4.90 Å². The van der Waals surface area contributed by atoms with Crippen molar-refractivity contribution in [1.82, 2.24) is 9.88 Å². The second-order valence-electron chi connectivity index (χ2n) is 4.36. The van der Waals surface area contributed by atoms with Gasteiger partial charge in [-0.15, -0.1) is 0 Å². The van der Waals surface area contributed by atoms with Crippen molar-refractivity contribution in [2.75, 3.05) is 31.6 Å². The highest BCUT2D eigenvalue weighted by molar-refractivity contribution is 5.95. The first-order valence-electron chi connectivity index (χ1n) is 5.77. The first-order chi connectivity index (χ1) is 9.40. The number of aromatic carboxylic acids is 1. The summed E-state index contributed by atoms with van der Waals surface area (Å²) in [5.74, 6) is -1.40. The minimum Gasteiger partial charge on any atom is -0.478 e. The third-order valence-electron chi connectivity index (χ3n) is 3.05. The Morgan fingerprint density at radius 1 is 1.50 bits per heavy atom. The summed E-state index contributed by atoms with van der Waals surface area (Å²) in [5.41, 5.74) is -0.678. The zero-order valence-electron chi connectivity index (χ0n) is 10.6. The number of amides is 1. The SMILES string of the molecule is CN1CCN(c2ncc([N+](=O)[O-])cc2C(=O)O)CC1=O. The number of nitro groups is 1. The van der Waals surface area contributed by atoms with Gasteiger partial charge in [0.1, 0.15) is 17.6 Å². The summed E-state index contributed by atoms with van der Waals surface area (Å²) in [4.78, 5) is 39.7. The zero-order chi connectivity index (χ0) is 14.9. The topological polar surface area (TPSA) is 117 Å². The monoisotopic (exact) mass is 280 g/mol. The van der Waals surface area contributed by atoms with Gasteiger partial charge in [0.15, 0.2) is 0 Å². The Kier molecular flexibility index (Phi) is 3.51. The molecule has 0 aliphatic carbocycles. The van der Waals surface area contributed by atoms with E-state index in [1.807, 2.05) is 0 Å². The fraction of sp³-hybridized carbons (Fsp3) is 0.364. The average molecular weight is 280 g/mol. The van der Waals surface area contributed by atoms with Crippen LogP contribution in [0.15, 0.2) is 12.3 Å². The van der Waals surface area contributed by atoms with E-state index in [4.69, 9.17) is 5.11 Å². The fourth-order valence-corrected chi connectivity index (χ4v) is 1.89. The molecule has 9 nitrogen and oxygen atoms in total. The van der Waals surface area contributed by atoms with Gasteiger partial charge in [0, 0.05) is 26.2 Å². The number of nitrogens with zero attached hydrogens (tertiary/aromatic N) is 4. The lowest BCUT2D eigenvalue weighted by Crippen LogP contribution is -2.49. The molecule has 106 valence electrons. The lowest BCUT2D eigenvalue weighted by molar-refractivity contribution is -0.385. The van der Waals surface area contributed by atoms with Gasteiger partial charge in [-0.3, -0.25) is 14.9 Å². The second-order valence-corrected chi connectivity index (χ2v) is 4.36. The molecule has 20 heavy (non-hydrogen) atoms. The molecule has 9 heteroatoms. The summed E-state index contributed by atoms with van der Waals surface area (Å²) in [6.07, 6.45) is 0.991. The van der Waals surface area contributed by atoms with Crippen molar-refractivity contribution in [1.29, 1.82) is 0 Å². The fourth-order valence-electron chi connectivity index (χ4n) is 1.89. The molecule has 0 radical (unpaired) electrons. The molecule has 1 saturated heterocycles. The van der Waals surface area contributed by atoms with E-state index < -0.39 is 16.6 Å². The Hall–Kier alpha value is -2.71. The van der Waals surface area contributed by atoms with Crippen molar-refractivity contribution in [2.45, 2.75) is 0 Å². The Morgan fingerprint density at radius 2 is 2.20 bits per heavy atom. The van der Waals surface area contributed by atoms with E-state index in [0.717, 1.165) is 12.3 Å². The van der Waals surface area contributed by atoms with Gasteiger partial charge in [0.05, 0.1) is 11.5 Å². The van der Waals surface area contributed by atoms with Crippen molar-refractivity contribution in [3.05, 3.63) is 27.9 Å². The van der Waals surface area contributed by atoms with Crippen LogP contribution in [0.1, 0.15) is 10.4 Å². The number of carboxylic acids is 1. The number of pyridine rings is 1. The lowest BCUT2D eigenvalue weighted by atomic mass is 10.2. The number of aromatic nitrogens is 1. The molecular formula is C11H12N4O5. The summed E-state index contributed by atoms with van der Waals surface area (Å²) in [6.45, 7) is 0.867. The molecule has 2 heterocycles. The summed E-state index contributed by atoms with van der Waals surface area (Å²) >= 11 is 0. The Balaban J connectivity index is 2.38. The van der Waals surface area contributed by atoms with Crippen LogP contribution in [0.3, 0.4) is 0 Å².